The lowest BCUT2D eigenvalue weighted by atomic mass is 9.91. The van der Waals surface area contributed by atoms with Gasteiger partial charge in [-0.1, -0.05) is 91.2 Å². The van der Waals surface area contributed by atoms with E-state index < -0.39 is 0 Å². The SMILES string of the molecule is [CH2]CCC=C(C)CCCC(C)CCCC(C)CCCC(C)C. The lowest BCUT2D eigenvalue weighted by Gasteiger charge is -2.15. The Morgan fingerprint density at radius 3 is 1.82 bits per heavy atom. The second-order valence-electron chi connectivity index (χ2n) is 8.05. The van der Waals surface area contributed by atoms with E-state index in [0.29, 0.717) is 0 Å². The van der Waals surface area contributed by atoms with Gasteiger partial charge in [-0.3, -0.25) is 0 Å². The minimum Gasteiger partial charge on any atom is -0.0856 e. The predicted molar refractivity (Wildman–Crippen MR) is 103 cm³/mol. The molecule has 0 rings (SSSR count). The molecule has 0 amide bonds. The van der Waals surface area contributed by atoms with Crippen LogP contribution in [0.3, 0.4) is 0 Å². The summed E-state index contributed by atoms with van der Waals surface area (Å²) in [5.74, 6) is 2.71. The largest absolute Gasteiger partial charge is 0.0856 e. The standard InChI is InChI=1S/C22H43/c1-7-8-13-20(4)15-10-17-22(6)18-11-16-21(5)14-9-12-19(2)3/h13,19,21-22H,1,7-12,14-18H2,2-6H3. The van der Waals surface area contributed by atoms with Gasteiger partial charge in [-0.05, 0) is 50.4 Å². The van der Waals surface area contributed by atoms with Crippen molar-refractivity contribution in [2.45, 2.75) is 105 Å². The Morgan fingerprint density at radius 2 is 1.32 bits per heavy atom. The zero-order valence-corrected chi connectivity index (χ0v) is 16.3. The summed E-state index contributed by atoms with van der Waals surface area (Å²) in [5, 5.41) is 0. The Labute approximate surface area is 142 Å². The normalized spacial score (nSPS) is 15.3. The molecule has 0 bridgehead atoms. The first kappa shape index (κ1) is 21.7. The van der Waals surface area contributed by atoms with Crippen LogP contribution in [0.5, 0.6) is 0 Å². The second kappa shape index (κ2) is 14.3. The molecular weight excluding hydrogens is 264 g/mol. The van der Waals surface area contributed by atoms with Gasteiger partial charge in [0.25, 0.3) is 0 Å². The van der Waals surface area contributed by atoms with Crippen molar-refractivity contribution in [1.29, 1.82) is 0 Å². The van der Waals surface area contributed by atoms with Crippen molar-refractivity contribution in [1.82, 2.24) is 0 Å². The Hall–Kier alpha value is -0.260. The summed E-state index contributed by atoms with van der Waals surface area (Å²) < 4.78 is 0. The van der Waals surface area contributed by atoms with Crippen LogP contribution in [0.2, 0.25) is 0 Å². The maximum atomic E-state index is 3.90. The van der Waals surface area contributed by atoms with E-state index in [1.807, 2.05) is 0 Å². The highest BCUT2D eigenvalue weighted by molar-refractivity contribution is 4.97. The first-order chi connectivity index (χ1) is 10.5. The molecule has 0 aliphatic rings. The summed E-state index contributed by atoms with van der Waals surface area (Å²) in [6.45, 7) is 15.7. The van der Waals surface area contributed by atoms with E-state index in [0.717, 1.165) is 30.6 Å². The molecule has 0 N–H and O–H groups in total. The van der Waals surface area contributed by atoms with Gasteiger partial charge in [0.05, 0.1) is 0 Å². The molecule has 0 aliphatic carbocycles. The smallest absolute Gasteiger partial charge is 0.0323 e. The molecule has 2 atom stereocenters. The number of hydrogen-bond acceptors (Lipinski definition) is 0. The Kier molecular flexibility index (Phi) is 14.2. The molecule has 0 fully saturated rings. The fraction of sp³-hybridized carbons (Fsp3) is 0.864. The minimum absolute atomic E-state index is 0.873. The zero-order chi connectivity index (χ0) is 16.8. The van der Waals surface area contributed by atoms with Crippen molar-refractivity contribution in [3.8, 4) is 0 Å². The first-order valence-corrected chi connectivity index (χ1v) is 9.90. The molecule has 0 nitrogen and oxygen atoms in total. The summed E-state index contributed by atoms with van der Waals surface area (Å²) >= 11 is 0. The molecule has 0 heteroatoms. The maximum Gasteiger partial charge on any atom is -0.0323 e. The van der Waals surface area contributed by atoms with E-state index in [9.17, 15) is 0 Å². The van der Waals surface area contributed by atoms with Crippen molar-refractivity contribution >= 4 is 0 Å². The fourth-order valence-electron chi connectivity index (χ4n) is 3.16. The highest BCUT2D eigenvalue weighted by Gasteiger charge is 2.06. The third-order valence-electron chi connectivity index (χ3n) is 4.84. The molecule has 22 heavy (non-hydrogen) atoms. The number of unbranched alkanes of at least 4 members (excludes halogenated alkanes) is 1. The molecular formula is C22H43. The fourth-order valence-corrected chi connectivity index (χ4v) is 3.16. The highest BCUT2D eigenvalue weighted by atomic mass is 14.1. The van der Waals surface area contributed by atoms with Gasteiger partial charge in [-0.15, -0.1) is 0 Å². The molecule has 0 saturated carbocycles. The van der Waals surface area contributed by atoms with E-state index in [1.165, 1.54) is 57.8 Å². The molecule has 0 aliphatic heterocycles. The predicted octanol–water partition coefficient (Wildman–Crippen LogP) is 7.99. The molecule has 0 aromatic carbocycles. The van der Waals surface area contributed by atoms with Crippen molar-refractivity contribution in [3.63, 3.8) is 0 Å². The lowest BCUT2D eigenvalue weighted by molar-refractivity contribution is 0.389. The van der Waals surface area contributed by atoms with Crippen molar-refractivity contribution in [3.05, 3.63) is 18.6 Å². The average Bonchev–Trinajstić information content (AvgIpc) is 2.44. The van der Waals surface area contributed by atoms with Gasteiger partial charge in [-0.25, -0.2) is 0 Å². The molecule has 1 radical (unpaired) electrons. The van der Waals surface area contributed by atoms with Crippen LogP contribution in [0.1, 0.15) is 105 Å². The third-order valence-corrected chi connectivity index (χ3v) is 4.84. The van der Waals surface area contributed by atoms with Gasteiger partial charge < -0.3 is 0 Å². The molecule has 2 unspecified atom stereocenters. The van der Waals surface area contributed by atoms with Crippen molar-refractivity contribution < 1.29 is 0 Å². The monoisotopic (exact) mass is 307 g/mol. The van der Waals surface area contributed by atoms with Crippen molar-refractivity contribution in [2.75, 3.05) is 0 Å². The lowest BCUT2D eigenvalue weighted by Crippen LogP contribution is -2.00. The maximum absolute atomic E-state index is 3.90. The molecule has 0 spiro atoms. The van der Waals surface area contributed by atoms with E-state index in [4.69, 9.17) is 0 Å². The quantitative estimate of drug-likeness (QED) is 0.285. The molecule has 0 heterocycles. The summed E-state index contributed by atoms with van der Waals surface area (Å²) in [6.07, 6.45) is 17.2. The Morgan fingerprint density at radius 1 is 0.818 bits per heavy atom. The molecule has 131 valence electrons. The van der Waals surface area contributed by atoms with E-state index in [1.54, 1.807) is 5.57 Å². The summed E-state index contributed by atoms with van der Waals surface area (Å²) in [5.41, 5.74) is 1.56. The molecule has 0 aromatic rings. The van der Waals surface area contributed by atoms with Crippen molar-refractivity contribution in [2.24, 2.45) is 17.8 Å². The van der Waals surface area contributed by atoms with Crippen LogP contribution in [0.15, 0.2) is 11.6 Å². The van der Waals surface area contributed by atoms with Crippen LogP contribution >= 0.6 is 0 Å². The second-order valence-corrected chi connectivity index (χ2v) is 8.05. The third kappa shape index (κ3) is 14.7. The first-order valence-electron chi connectivity index (χ1n) is 9.90. The summed E-state index contributed by atoms with van der Waals surface area (Å²) in [7, 11) is 0. The van der Waals surface area contributed by atoms with Gasteiger partial charge >= 0.3 is 0 Å². The van der Waals surface area contributed by atoms with Crippen LogP contribution < -0.4 is 0 Å². The summed E-state index contributed by atoms with van der Waals surface area (Å²) in [6, 6.07) is 0. The average molecular weight is 308 g/mol. The summed E-state index contributed by atoms with van der Waals surface area (Å²) in [4.78, 5) is 0. The van der Waals surface area contributed by atoms with Crippen LogP contribution in [0, 0.1) is 24.7 Å². The van der Waals surface area contributed by atoms with Crippen LogP contribution in [0.25, 0.3) is 0 Å². The Bertz CT molecular complexity index is 261. The topological polar surface area (TPSA) is 0 Å². The zero-order valence-electron chi connectivity index (χ0n) is 16.3. The van der Waals surface area contributed by atoms with E-state index >= 15 is 0 Å². The van der Waals surface area contributed by atoms with Crippen LogP contribution in [-0.2, 0) is 0 Å². The Balaban J connectivity index is 3.54. The molecule has 0 aromatic heterocycles. The van der Waals surface area contributed by atoms with Crippen LogP contribution in [0.4, 0.5) is 0 Å². The molecule has 0 saturated heterocycles. The highest BCUT2D eigenvalue weighted by Crippen LogP contribution is 2.22. The van der Waals surface area contributed by atoms with E-state index in [2.05, 4.69) is 47.6 Å². The van der Waals surface area contributed by atoms with Gasteiger partial charge in [0.1, 0.15) is 0 Å². The number of allylic oxidation sites excluding steroid dienone is 2. The van der Waals surface area contributed by atoms with Gasteiger partial charge in [0, 0.05) is 0 Å². The minimum atomic E-state index is 0.873. The van der Waals surface area contributed by atoms with Gasteiger partial charge in [0.2, 0.25) is 0 Å². The van der Waals surface area contributed by atoms with Gasteiger partial charge in [0.15, 0.2) is 0 Å². The van der Waals surface area contributed by atoms with E-state index in [-0.39, 0.29) is 0 Å². The number of rotatable bonds is 14. The van der Waals surface area contributed by atoms with Gasteiger partial charge in [-0.2, -0.15) is 0 Å². The number of hydrogen-bond donors (Lipinski definition) is 0. The van der Waals surface area contributed by atoms with Crippen LogP contribution in [-0.4, -0.2) is 0 Å².